The van der Waals surface area contributed by atoms with E-state index in [2.05, 4.69) is 0 Å². The molecule has 1 aliphatic rings. The average Bonchev–Trinajstić information content (AvgIpc) is 2.97. The van der Waals surface area contributed by atoms with E-state index >= 15 is 0 Å². The number of carbonyl (C=O) groups is 1. The van der Waals surface area contributed by atoms with Gasteiger partial charge in [-0.15, -0.1) is 0 Å². The number of anilines is 1. The topological polar surface area (TPSA) is 64.8 Å². The van der Waals surface area contributed by atoms with Crippen LogP contribution >= 0.6 is 0 Å². The molecule has 1 saturated heterocycles. The van der Waals surface area contributed by atoms with E-state index in [1.807, 2.05) is 6.92 Å². The molecule has 5 nitrogen and oxygen atoms in total. The summed E-state index contributed by atoms with van der Waals surface area (Å²) in [6.45, 7) is 4.07. The normalized spacial score (nSPS) is 18.0. The highest BCUT2D eigenvalue weighted by Gasteiger charge is 2.22. The van der Waals surface area contributed by atoms with Crippen molar-refractivity contribution >= 4 is 11.6 Å². The van der Waals surface area contributed by atoms with Crippen LogP contribution in [0.2, 0.25) is 0 Å². The van der Waals surface area contributed by atoms with Crippen molar-refractivity contribution in [3.05, 3.63) is 23.8 Å². The van der Waals surface area contributed by atoms with Crippen LogP contribution in [0.4, 0.5) is 5.69 Å². The highest BCUT2D eigenvalue weighted by Crippen LogP contribution is 2.23. The van der Waals surface area contributed by atoms with Gasteiger partial charge in [0.25, 0.3) is 5.91 Å². The summed E-state index contributed by atoms with van der Waals surface area (Å²) in [5, 5.41) is 0. The van der Waals surface area contributed by atoms with Gasteiger partial charge in [-0.05, 0) is 38.0 Å². The fourth-order valence-electron chi connectivity index (χ4n) is 2.44. The van der Waals surface area contributed by atoms with E-state index < -0.39 is 0 Å². The molecular weight excluding hydrogens is 256 g/mol. The van der Waals surface area contributed by atoms with Crippen molar-refractivity contribution in [2.24, 2.45) is 0 Å². The third-order valence-corrected chi connectivity index (χ3v) is 3.59. The number of hydrogen-bond donors (Lipinski definition) is 1. The molecule has 1 atom stereocenters. The molecule has 0 aliphatic carbocycles. The van der Waals surface area contributed by atoms with Crippen molar-refractivity contribution in [2.75, 3.05) is 32.5 Å². The standard InChI is InChI=1S/C15H22N2O3/c1-3-17(10-12-5-4-8-20-12)15(18)11-6-7-14(19-2)13(16)9-11/h6-7,9,12H,3-5,8,10,16H2,1-2H3. The molecule has 1 unspecified atom stereocenters. The summed E-state index contributed by atoms with van der Waals surface area (Å²) in [6, 6.07) is 5.14. The van der Waals surface area contributed by atoms with Gasteiger partial charge in [0, 0.05) is 25.3 Å². The number of ether oxygens (including phenoxy) is 2. The Morgan fingerprint density at radius 3 is 2.90 bits per heavy atom. The maximum atomic E-state index is 12.5. The molecule has 1 aliphatic heterocycles. The Hall–Kier alpha value is -1.75. The van der Waals surface area contributed by atoms with Crippen LogP contribution in [0.3, 0.4) is 0 Å². The summed E-state index contributed by atoms with van der Waals surface area (Å²) in [7, 11) is 1.56. The third-order valence-electron chi connectivity index (χ3n) is 3.59. The summed E-state index contributed by atoms with van der Waals surface area (Å²) in [5.74, 6) is 0.570. The van der Waals surface area contributed by atoms with Crippen molar-refractivity contribution in [3.63, 3.8) is 0 Å². The van der Waals surface area contributed by atoms with Crippen LogP contribution in [0.1, 0.15) is 30.1 Å². The molecule has 0 spiro atoms. The Kier molecular flexibility index (Phi) is 4.84. The lowest BCUT2D eigenvalue weighted by molar-refractivity contribution is 0.0539. The molecule has 1 heterocycles. The molecule has 0 bridgehead atoms. The minimum atomic E-state index is -0.0163. The largest absolute Gasteiger partial charge is 0.495 e. The SMILES string of the molecule is CCN(CC1CCCO1)C(=O)c1ccc(OC)c(N)c1. The number of nitrogen functional groups attached to an aromatic ring is 1. The second-order valence-electron chi connectivity index (χ2n) is 4.94. The summed E-state index contributed by atoms with van der Waals surface area (Å²) in [5.41, 5.74) is 6.92. The Bertz CT molecular complexity index is 470. The molecule has 0 aromatic heterocycles. The van der Waals surface area contributed by atoms with Gasteiger partial charge in [-0.1, -0.05) is 0 Å². The highest BCUT2D eigenvalue weighted by atomic mass is 16.5. The number of rotatable bonds is 5. The monoisotopic (exact) mass is 278 g/mol. The van der Waals surface area contributed by atoms with E-state index in [1.54, 1.807) is 30.2 Å². The molecule has 110 valence electrons. The maximum absolute atomic E-state index is 12.5. The first-order valence-electron chi connectivity index (χ1n) is 7.00. The van der Waals surface area contributed by atoms with Gasteiger partial charge in [0.15, 0.2) is 0 Å². The molecule has 2 N–H and O–H groups in total. The fraction of sp³-hybridized carbons (Fsp3) is 0.533. The van der Waals surface area contributed by atoms with Crippen LogP contribution in [-0.4, -0.2) is 43.7 Å². The van der Waals surface area contributed by atoms with Gasteiger partial charge in [-0.25, -0.2) is 0 Å². The molecule has 1 aromatic carbocycles. The van der Waals surface area contributed by atoms with E-state index in [-0.39, 0.29) is 12.0 Å². The number of likely N-dealkylation sites (N-methyl/N-ethyl adjacent to an activating group) is 1. The average molecular weight is 278 g/mol. The predicted octanol–water partition coefficient (Wildman–Crippen LogP) is 1.92. The Morgan fingerprint density at radius 1 is 1.55 bits per heavy atom. The summed E-state index contributed by atoms with van der Waals surface area (Å²) < 4.78 is 10.7. The van der Waals surface area contributed by atoms with Gasteiger partial charge in [-0.3, -0.25) is 4.79 Å². The van der Waals surface area contributed by atoms with Gasteiger partial charge in [0.05, 0.1) is 18.9 Å². The first-order valence-corrected chi connectivity index (χ1v) is 7.00. The highest BCUT2D eigenvalue weighted by molar-refractivity contribution is 5.95. The van der Waals surface area contributed by atoms with Crippen molar-refractivity contribution in [1.82, 2.24) is 4.90 Å². The molecule has 1 amide bonds. The van der Waals surface area contributed by atoms with Crippen LogP contribution in [-0.2, 0) is 4.74 Å². The molecule has 20 heavy (non-hydrogen) atoms. The van der Waals surface area contributed by atoms with Crippen molar-refractivity contribution in [2.45, 2.75) is 25.9 Å². The zero-order valence-corrected chi connectivity index (χ0v) is 12.1. The first-order chi connectivity index (χ1) is 9.65. The second-order valence-corrected chi connectivity index (χ2v) is 4.94. The second kappa shape index (κ2) is 6.61. The summed E-state index contributed by atoms with van der Waals surface area (Å²) in [4.78, 5) is 14.3. The number of nitrogens with zero attached hydrogens (tertiary/aromatic N) is 1. The van der Waals surface area contributed by atoms with E-state index in [9.17, 15) is 4.79 Å². The predicted molar refractivity (Wildman–Crippen MR) is 78.0 cm³/mol. The summed E-state index contributed by atoms with van der Waals surface area (Å²) >= 11 is 0. The van der Waals surface area contributed by atoms with E-state index in [0.29, 0.717) is 30.1 Å². The van der Waals surface area contributed by atoms with E-state index in [4.69, 9.17) is 15.2 Å². The van der Waals surface area contributed by atoms with Crippen molar-refractivity contribution < 1.29 is 14.3 Å². The fourth-order valence-corrected chi connectivity index (χ4v) is 2.44. The first kappa shape index (κ1) is 14.7. The number of carbonyl (C=O) groups excluding carboxylic acids is 1. The lowest BCUT2D eigenvalue weighted by atomic mass is 10.1. The molecule has 1 fully saturated rings. The minimum Gasteiger partial charge on any atom is -0.495 e. The van der Waals surface area contributed by atoms with Gasteiger partial charge in [0.2, 0.25) is 0 Å². The Morgan fingerprint density at radius 2 is 2.35 bits per heavy atom. The zero-order valence-electron chi connectivity index (χ0n) is 12.1. The van der Waals surface area contributed by atoms with Gasteiger partial charge in [-0.2, -0.15) is 0 Å². The number of benzene rings is 1. The Labute approximate surface area is 119 Å². The minimum absolute atomic E-state index is 0.0163. The summed E-state index contributed by atoms with van der Waals surface area (Å²) in [6.07, 6.45) is 2.26. The molecule has 5 heteroatoms. The van der Waals surface area contributed by atoms with E-state index in [1.165, 1.54) is 0 Å². The van der Waals surface area contributed by atoms with Gasteiger partial charge in [0.1, 0.15) is 5.75 Å². The van der Waals surface area contributed by atoms with Crippen molar-refractivity contribution in [1.29, 1.82) is 0 Å². The van der Waals surface area contributed by atoms with Crippen molar-refractivity contribution in [3.8, 4) is 5.75 Å². The smallest absolute Gasteiger partial charge is 0.254 e. The number of hydrogen-bond acceptors (Lipinski definition) is 4. The lowest BCUT2D eigenvalue weighted by Gasteiger charge is -2.24. The van der Waals surface area contributed by atoms with Crippen LogP contribution in [0.25, 0.3) is 0 Å². The number of methoxy groups -OCH3 is 1. The van der Waals surface area contributed by atoms with Gasteiger partial charge >= 0.3 is 0 Å². The zero-order chi connectivity index (χ0) is 14.5. The Balaban J connectivity index is 2.09. The number of nitrogens with two attached hydrogens (primary N) is 1. The number of amides is 1. The maximum Gasteiger partial charge on any atom is 0.254 e. The van der Waals surface area contributed by atoms with E-state index in [0.717, 1.165) is 19.4 Å². The molecule has 0 radical (unpaired) electrons. The lowest BCUT2D eigenvalue weighted by Crippen LogP contribution is -2.37. The molecular formula is C15H22N2O3. The van der Waals surface area contributed by atoms with Crippen LogP contribution < -0.4 is 10.5 Å². The van der Waals surface area contributed by atoms with Crippen LogP contribution in [0.15, 0.2) is 18.2 Å². The quantitative estimate of drug-likeness (QED) is 0.836. The third kappa shape index (κ3) is 3.22. The van der Waals surface area contributed by atoms with Gasteiger partial charge < -0.3 is 20.1 Å². The van der Waals surface area contributed by atoms with Crippen LogP contribution in [0, 0.1) is 0 Å². The molecule has 2 rings (SSSR count). The van der Waals surface area contributed by atoms with Crippen LogP contribution in [0.5, 0.6) is 5.75 Å². The molecule has 0 saturated carbocycles. The molecule has 1 aromatic rings.